The van der Waals surface area contributed by atoms with Crippen molar-refractivity contribution in [3.05, 3.63) is 47.8 Å². The van der Waals surface area contributed by atoms with Crippen molar-refractivity contribution in [1.82, 2.24) is 15.1 Å². The van der Waals surface area contributed by atoms with Crippen LogP contribution in [0.15, 0.2) is 36.7 Å². The minimum atomic E-state index is -0.0957. The fourth-order valence-corrected chi connectivity index (χ4v) is 2.35. The summed E-state index contributed by atoms with van der Waals surface area (Å²) in [6.45, 7) is 4.20. The Labute approximate surface area is 131 Å². The number of rotatable bonds is 6. The van der Waals surface area contributed by atoms with E-state index in [9.17, 15) is 4.79 Å². The van der Waals surface area contributed by atoms with E-state index in [-0.39, 0.29) is 11.9 Å². The second-order valence-electron chi connectivity index (χ2n) is 5.74. The van der Waals surface area contributed by atoms with Gasteiger partial charge in [0.25, 0.3) is 5.91 Å². The number of nitrogens with one attached hydrogen (secondary N) is 1. The zero-order valence-electron chi connectivity index (χ0n) is 13.5. The van der Waals surface area contributed by atoms with Gasteiger partial charge in [0.1, 0.15) is 5.75 Å². The van der Waals surface area contributed by atoms with Gasteiger partial charge >= 0.3 is 0 Å². The molecular weight excluding hydrogens is 278 g/mol. The van der Waals surface area contributed by atoms with Crippen LogP contribution in [0.4, 0.5) is 0 Å². The number of aryl methyl sites for hydroxylation is 1. The minimum absolute atomic E-state index is 0.0315. The van der Waals surface area contributed by atoms with Crippen LogP contribution in [-0.2, 0) is 13.5 Å². The molecule has 0 aliphatic carbocycles. The molecule has 0 aliphatic rings. The summed E-state index contributed by atoms with van der Waals surface area (Å²) in [5, 5.41) is 7.14. The molecule has 1 amide bonds. The molecule has 0 saturated heterocycles. The number of amides is 1. The maximum Gasteiger partial charge on any atom is 0.254 e. The van der Waals surface area contributed by atoms with Crippen LogP contribution in [-0.4, -0.2) is 28.8 Å². The number of ether oxygens (including phenoxy) is 1. The Morgan fingerprint density at radius 3 is 2.68 bits per heavy atom. The summed E-state index contributed by atoms with van der Waals surface area (Å²) in [5.41, 5.74) is 1.67. The Morgan fingerprint density at radius 2 is 2.09 bits per heavy atom. The molecule has 0 radical (unpaired) electrons. The molecule has 5 heteroatoms. The topological polar surface area (TPSA) is 56.1 Å². The van der Waals surface area contributed by atoms with Gasteiger partial charge in [0.05, 0.1) is 18.9 Å². The van der Waals surface area contributed by atoms with E-state index in [2.05, 4.69) is 24.3 Å². The predicted molar refractivity (Wildman–Crippen MR) is 86.0 cm³/mol. The molecule has 2 aromatic rings. The fourth-order valence-electron chi connectivity index (χ4n) is 2.35. The van der Waals surface area contributed by atoms with Gasteiger partial charge in [0.15, 0.2) is 0 Å². The lowest BCUT2D eigenvalue weighted by Crippen LogP contribution is -2.40. The number of methoxy groups -OCH3 is 1. The maximum atomic E-state index is 12.3. The van der Waals surface area contributed by atoms with Crippen molar-refractivity contribution in [2.45, 2.75) is 26.3 Å². The van der Waals surface area contributed by atoms with Crippen molar-refractivity contribution >= 4 is 5.91 Å². The summed E-state index contributed by atoms with van der Waals surface area (Å²) in [6, 6.07) is 7.93. The van der Waals surface area contributed by atoms with Gasteiger partial charge < -0.3 is 10.1 Å². The molecule has 0 aliphatic heterocycles. The van der Waals surface area contributed by atoms with Crippen LogP contribution in [0.2, 0.25) is 0 Å². The van der Waals surface area contributed by atoms with Crippen LogP contribution < -0.4 is 10.1 Å². The predicted octanol–water partition coefficient (Wildman–Crippen LogP) is 2.43. The molecule has 1 aromatic carbocycles. The monoisotopic (exact) mass is 301 g/mol. The summed E-state index contributed by atoms with van der Waals surface area (Å²) in [6.07, 6.45) is 4.03. The smallest absolute Gasteiger partial charge is 0.254 e. The quantitative estimate of drug-likeness (QED) is 0.891. The van der Waals surface area contributed by atoms with Crippen molar-refractivity contribution in [2.75, 3.05) is 7.11 Å². The number of hydrogen-bond acceptors (Lipinski definition) is 3. The van der Waals surface area contributed by atoms with Gasteiger partial charge in [-0.1, -0.05) is 32.0 Å². The van der Waals surface area contributed by atoms with Gasteiger partial charge in [0, 0.05) is 19.3 Å². The largest absolute Gasteiger partial charge is 0.496 e. The molecule has 0 spiro atoms. The first-order valence-electron chi connectivity index (χ1n) is 7.42. The molecule has 0 bridgehead atoms. The van der Waals surface area contributed by atoms with Gasteiger partial charge in [-0.15, -0.1) is 0 Å². The van der Waals surface area contributed by atoms with E-state index >= 15 is 0 Å². The average Bonchev–Trinajstić information content (AvgIpc) is 2.93. The zero-order valence-corrected chi connectivity index (χ0v) is 13.5. The molecule has 1 aromatic heterocycles. The highest BCUT2D eigenvalue weighted by Gasteiger charge is 2.20. The molecule has 0 saturated carbocycles. The van der Waals surface area contributed by atoms with Gasteiger partial charge in [-0.05, 0) is 24.0 Å². The third-order valence-corrected chi connectivity index (χ3v) is 3.72. The van der Waals surface area contributed by atoms with Crippen molar-refractivity contribution in [3.8, 4) is 5.75 Å². The number of nitrogens with zero attached hydrogens (tertiary/aromatic N) is 2. The molecule has 1 atom stereocenters. The molecule has 0 fully saturated rings. The third kappa shape index (κ3) is 3.87. The molecule has 1 N–H and O–H groups in total. The minimum Gasteiger partial charge on any atom is -0.496 e. The third-order valence-electron chi connectivity index (χ3n) is 3.72. The van der Waals surface area contributed by atoms with E-state index < -0.39 is 0 Å². The lowest BCUT2D eigenvalue weighted by molar-refractivity contribution is 0.0925. The lowest BCUT2D eigenvalue weighted by atomic mass is 9.95. The number of benzene rings is 1. The van der Waals surface area contributed by atoms with Gasteiger partial charge in [-0.3, -0.25) is 9.48 Å². The summed E-state index contributed by atoms with van der Waals surface area (Å²) in [7, 11) is 3.46. The first-order chi connectivity index (χ1) is 10.5. The van der Waals surface area contributed by atoms with E-state index in [1.807, 2.05) is 24.3 Å². The van der Waals surface area contributed by atoms with E-state index in [1.165, 1.54) is 0 Å². The highest BCUT2D eigenvalue weighted by molar-refractivity contribution is 5.93. The Kier molecular flexibility index (Phi) is 5.20. The molecule has 118 valence electrons. The fraction of sp³-hybridized carbons (Fsp3) is 0.412. The number of carbonyl (C=O) groups is 1. The van der Waals surface area contributed by atoms with E-state index in [1.54, 1.807) is 31.2 Å². The van der Waals surface area contributed by atoms with Crippen LogP contribution in [0.25, 0.3) is 0 Å². The Bertz CT molecular complexity index is 634. The van der Waals surface area contributed by atoms with Crippen molar-refractivity contribution in [1.29, 1.82) is 0 Å². The van der Waals surface area contributed by atoms with Gasteiger partial charge in [-0.25, -0.2) is 0 Å². The second-order valence-corrected chi connectivity index (χ2v) is 5.74. The molecular formula is C17H23N3O2. The number of carbonyl (C=O) groups excluding carboxylic acids is 1. The Morgan fingerprint density at radius 1 is 1.36 bits per heavy atom. The first kappa shape index (κ1) is 16.1. The SMILES string of the molecule is COc1ccccc1C[C@H](NC(=O)c1cnn(C)c1)C(C)C. The highest BCUT2D eigenvalue weighted by Crippen LogP contribution is 2.21. The molecule has 0 unspecified atom stereocenters. The highest BCUT2D eigenvalue weighted by atomic mass is 16.5. The summed E-state index contributed by atoms with van der Waals surface area (Å²) in [5.74, 6) is 1.07. The number of aromatic nitrogens is 2. The van der Waals surface area contributed by atoms with Crippen molar-refractivity contribution in [2.24, 2.45) is 13.0 Å². The number of para-hydroxylation sites is 1. The summed E-state index contributed by atoms with van der Waals surface area (Å²) >= 11 is 0. The average molecular weight is 301 g/mol. The van der Waals surface area contributed by atoms with Crippen LogP contribution in [0.3, 0.4) is 0 Å². The first-order valence-corrected chi connectivity index (χ1v) is 7.42. The van der Waals surface area contributed by atoms with Crippen molar-refractivity contribution < 1.29 is 9.53 Å². The standard InChI is InChI=1S/C17H23N3O2/c1-12(2)15(9-13-7-5-6-8-16(13)22-4)19-17(21)14-10-18-20(3)11-14/h5-8,10-12,15H,9H2,1-4H3,(H,19,21)/t15-/m0/s1. The van der Waals surface area contributed by atoms with Gasteiger partial charge in [-0.2, -0.15) is 5.10 Å². The molecule has 5 nitrogen and oxygen atoms in total. The Hall–Kier alpha value is -2.30. The Balaban J connectivity index is 2.11. The number of hydrogen-bond donors (Lipinski definition) is 1. The zero-order chi connectivity index (χ0) is 16.1. The lowest BCUT2D eigenvalue weighted by Gasteiger charge is -2.23. The normalized spacial score (nSPS) is 12.2. The summed E-state index contributed by atoms with van der Waals surface area (Å²) in [4.78, 5) is 12.3. The second kappa shape index (κ2) is 7.11. The molecule has 22 heavy (non-hydrogen) atoms. The van der Waals surface area contributed by atoms with Crippen molar-refractivity contribution in [3.63, 3.8) is 0 Å². The van der Waals surface area contributed by atoms with E-state index in [4.69, 9.17) is 4.74 Å². The summed E-state index contributed by atoms with van der Waals surface area (Å²) < 4.78 is 7.02. The van der Waals surface area contributed by atoms with Crippen LogP contribution >= 0.6 is 0 Å². The molecule has 2 rings (SSSR count). The van der Waals surface area contributed by atoms with Crippen LogP contribution in [0.5, 0.6) is 5.75 Å². The molecule has 1 heterocycles. The van der Waals surface area contributed by atoms with Gasteiger partial charge in [0.2, 0.25) is 0 Å². The van der Waals surface area contributed by atoms with E-state index in [0.717, 1.165) is 17.7 Å². The van der Waals surface area contributed by atoms with Crippen LogP contribution in [0.1, 0.15) is 29.8 Å². The maximum absolute atomic E-state index is 12.3. The van der Waals surface area contributed by atoms with Crippen LogP contribution in [0, 0.1) is 5.92 Å². The van der Waals surface area contributed by atoms with E-state index in [0.29, 0.717) is 11.5 Å².